The lowest BCUT2D eigenvalue weighted by molar-refractivity contribution is 0.153. The molecule has 1 aliphatic heterocycles. The zero-order chi connectivity index (χ0) is 11.4. The second-order valence-corrected chi connectivity index (χ2v) is 5.50. The van der Waals surface area contributed by atoms with Gasteiger partial charge in [0.25, 0.3) is 0 Å². The summed E-state index contributed by atoms with van der Waals surface area (Å²) < 4.78 is 5.32. The quantitative estimate of drug-likeness (QED) is 0.699. The summed E-state index contributed by atoms with van der Waals surface area (Å²) in [6, 6.07) is 0.750. The van der Waals surface area contributed by atoms with Crippen LogP contribution in [0.5, 0.6) is 0 Å². The van der Waals surface area contributed by atoms with Crippen molar-refractivity contribution < 1.29 is 4.74 Å². The molecule has 0 aromatic rings. The Morgan fingerprint density at radius 1 is 1.44 bits per heavy atom. The molecule has 2 aliphatic rings. The van der Waals surface area contributed by atoms with Crippen LogP contribution >= 0.6 is 0 Å². The molecule has 0 saturated heterocycles. The van der Waals surface area contributed by atoms with Gasteiger partial charge in [0.05, 0.1) is 13.2 Å². The van der Waals surface area contributed by atoms with Gasteiger partial charge in [0.2, 0.25) is 0 Å². The van der Waals surface area contributed by atoms with Gasteiger partial charge in [-0.25, -0.2) is 0 Å². The molecule has 92 valence electrons. The Kier molecular flexibility index (Phi) is 4.42. The lowest BCUT2D eigenvalue weighted by Crippen LogP contribution is -2.36. The Hall–Kier alpha value is -0.340. The topological polar surface area (TPSA) is 21.3 Å². The molecule has 1 fully saturated rings. The minimum atomic E-state index is 0.750. The van der Waals surface area contributed by atoms with Gasteiger partial charge in [-0.1, -0.05) is 25.5 Å². The highest BCUT2D eigenvalue weighted by atomic mass is 16.5. The van der Waals surface area contributed by atoms with Gasteiger partial charge in [-0.05, 0) is 44.1 Å². The monoisotopic (exact) mass is 223 g/mol. The molecule has 0 radical (unpaired) electrons. The lowest BCUT2D eigenvalue weighted by atomic mass is 9.99. The first-order chi connectivity index (χ1) is 7.77. The average molecular weight is 223 g/mol. The molecule has 1 atom stereocenters. The fourth-order valence-electron chi connectivity index (χ4n) is 2.59. The summed E-state index contributed by atoms with van der Waals surface area (Å²) in [5, 5.41) is 3.75. The van der Waals surface area contributed by atoms with Gasteiger partial charge in [-0.3, -0.25) is 0 Å². The van der Waals surface area contributed by atoms with Crippen molar-refractivity contribution in [2.45, 2.75) is 45.6 Å². The third-order valence-corrected chi connectivity index (χ3v) is 3.73. The van der Waals surface area contributed by atoms with Crippen LogP contribution in [-0.2, 0) is 4.74 Å². The standard InChI is InChI=1S/C14H25NO/c1-11(2)14(13-3-4-13)15-8-5-12-6-9-16-10-7-12/h6,11,13-15H,3-5,7-10H2,1-2H3. The summed E-state index contributed by atoms with van der Waals surface area (Å²) in [4.78, 5) is 0. The van der Waals surface area contributed by atoms with E-state index in [1.807, 2.05) is 0 Å². The van der Waals surface area contributed by atoms with Crippen LogP contribution < -0.4 is 5.32 Å². The minimum Gasteiger partial charge on any atom is -0.377 e. The highest BCUT2D eigenvalue weighted by Crippen LogP contribution is 2.35. The van der Waals surface area contributed by atoms with E-state index in [0.29, 0.717) is 0 Å². The Bertz CT molecular complexity index is 241. The van der Waals surface area contributed by atoms with Gasteiger partial charge < -0.3 is 10.1 Å². The molecule has 2 heteroatoms. The number of hydrogen-bond donors (Lipinski definition) is 1. The Morgan fingerprint density at radius 3 is 2.81 bits per heavy atom. The first-order valence-electron chi connectivity index (χ1n) is 6.76. The molecule has 0 spiro atoms. The fraction of sp³-hybridized carbons (Fsp3) is 0.857. The highest BCUT2D eigenvalue weighted by molar-refractivity contribution is 5.05. The van der Waals surface area contributed by atoms with Gasteiger partial charge in [0.1, 0.15) is 0 Å². The van der Waals surface area contributed by atoms with Gasteiger partial charge in [0, 0.05) is 6.04 Å². The Morgan fingerprint density at radius 2 is 2.25 bits per heavy atom. The molecule has 16 heavy (non-hydrogen) atoms. The SMILES string of the molecule is CC(C)C(NCCC1=CCOCC1)C1CC1. The van der Waals surface area contributed by atoms with Crippen LogP contribution in [0.25, 0.3) is 0 Å². The van der Waals surface area contributed by atoms with Crippen LogP contribution in [0.4, 0.5) is 0 Å². The molecule has 1 heterocycles. The number of hydrogen-bond acceptors (Lipinski definition) is 2. The molecular weight excluding hydrogens is 198 g/mol. The minimum absolute atomic E-state index is 0.750. The number of ether oxygens (including phenoxy) is 1. The first-order valence-corrected chi connectivity index (χ1v) is 6.76. The summed E-state index contributed by atoms with van der Waals surface area (Å²) in [5.41, 5.74) is 1.58. The molecule has 0 bridgehead atoms. The molecular formula is C14H25NO. The summed E-state index contributed by atoms with van der Waals surface area (Å²) >= 11 is 0. The average Bonchev–Trinajstić information content (AvgIpc) is 3.09. The predicted molar refractivity (Wildman–Crippen MR) is 67.5 cm³/mol. The van der Waals surface area contributed by atoms with Gasteiger partial charge in [-0.2, -0.15) is 0 Å². The van der Waals surface area contributed by atoms with E-state index in [0.717, 1.165) is 44.1 Å². The Balaban J connectivity index is 1.67. The molecule has 1 saturated carbocycles. The van der Waals surface area contributed by atoms with Crippen LogP contribution in [0.15, 0.2) is 11.6 Å². The normalized spacial score (nSPS) is 23.3. The molecule has 1 aliphatic carbocycles. The third kappa shape index (κ3) is 3.60. The first kappa shape index (κ1) is 12.1. The van der Waals surface area contributed by atoms with E-state index in [-0.39, 0.29) is 0 Å². The van der Waals surface area contributed by atoms with E-state index in [1.165, 1.54) is 19.3 Å². The van der Waals surface area contributed by atoms with Crippen molar-refractivity contribution >= 4 is 0 Å². The van der Waals surface area contributed by atoms with E-state index < -0.39 is 0 Å². The molecule has 0 aromatic heterocycles. The third-order valence-electron chi connectivity index (χ3n) is 3.73. The lowest BCUT2D eigenvalue weighted by Gasteiger charge is -2.23. The van der Waals surface area contributed by atoms with Crippen molar-refractivity contribution in [3.05, 3.63) is 11.6 Å². The van der Waals surface area contributed by atoms with Crippen molar-refractivity contribution in [1.82, 2.24) is 5.32 Å². The summed E-state index contributed by atoms with van der Waals surface area (Å²) in [6.07, 6.45) is 7.47. The zero-order valence-corrected chi connectivity index (χ0v) is 10.7. The number of rotatable bonds is 6. The van der Waals surface area contributed by atoms with Crippen LogP contribution in [0.3, 0.4) is 0 Å². The smallest absolute Gasteiger partial charge is 0.0650 e. The van der Waals surface area contributed by atoms with Gasteiger partial charge >= 0.3 is 0 Å². The maximum absolute atomic E-state index is 5.32. The molecule has 2 nitrogen and oxygen atoms in total. The maximum Gasteiger partial charge on any atom is 0.0650 e. The predicted octanol–water partition coefficient (Wildman–Crippen LogP) is 2.75. The molecule has 1 N–H and O–H groups in total. The zero-order valence-electron chi connectivity index (χ0n) is 10.7. The van der Waals surface area contributed by atoms with E-state index in [9.17, 15) is 0 Å². The number of nitrogens with one attached hydrogen (secondary N) is 1. The molecule has 0 amide bonds. The molecule has 1 unspecified atom stereocenters. The summed E-state index contributed by atoms with van der Waals surface area (Å²) in [6.45, 7) is 7.56. The van der Waals surface area contributed by atoms with Crippen LogP contribution in [0.2, 0.25) is 0 Å². The molecule has 0 aromatic carbocycles. The van der Waals surface area contributed by atoms with E-state index in [2.05, 4.69) is 25.2 Å². The largest absolute Gasteiger partial charge is 0.377 e. The fourth-order valence-corrected chi connectivity index (χ4v) is 2.59. The van der Waals surface area contributed by atoms with Crippen molar-refractivity contribution in [2.75, 3.05) is 19.8 Å². The van der Waals surface area contributed by atoms with Gasteiger partial charge in [-0.15, -0.1) is 0 Å². The van der Waals surface area contributed by atoms with Crippen molar-refractivity contribution in [2.24, 2.45) is 11.8 Å². The van der Waals surface area contributed by atoms with E-state index >= 15 is 0 Å². The summed E-state index contributed by atoms with van der Waals surface area (Å²) in [5.74, 6) is 1.74. The highest BCUT2D eigenvalue weighted by Gasteiger charge is 2.32. The van der Waals surface area contributed by atoms with Crippen molar-refractivity contribution in [3.63, 3.8) is 0 Å². The van der Waals surface area contributed by atoms with Gasteiger partial charge in [0.15, 0.2) is 0 Å². The maximum atomic E-state index is 5.32. The van der Waals surface area contributed by atoms with Crippen molar-refractivity contribution in [1.29, 1.82) is 0 Å². The van der Waals surface area contributed by atoms with Crippen LogP contribution in [0, 0.1) is 11.8 Å². The van der Waals surface area contributed by atoms with Crippen LogP contribution in [0.1, 0.15) is 39.5 Å². The summed E-state index contributed by atoms with van der Waals surface area (Å²) in [7, 11) is 0. The molecule has 2 rings (SSSR count). The van der Waals surface area contributed by atoms with Crippen LogP contribution in [-0.4, -0.2) is 25.8 Å². The Labute approximate surface area is 99.4 Å². The van der Waals surface area contributed by atoms with Crippen molar-refractivity contribution in [3.8, 4) is 0 Å². The second-order valence-electron chi connectivity index (χ2n) is 5.50. The van der Waals surface area contributed by atoms with E-state index in [4.69, 9.17) is 4.74 Å². The van der Waals surface area contributed by atoms with E-state index in [1.54, 1.807) is 5.57 Å². The second kappa shape index (κ2) is 5.83.